The number of rotatable bonds is 4. The van der Waals surface area contributed by atoms with Crippen molar-refractivity contribution >= 4 is 52.2 Å². The van der Waals surface area contributed by atoms with Gasteiger partial charge in [-0.05, 0) is 25.0 Å². The summed E-state index contributed by atoms with van der Waals surface area (Å²) in [5.74, 6) is 0.473. The predicted octanol–water partition coefficient (Wildman–Crippen LogP) is 3.80. The third kappa shape index (κ3) is 4.45. The molecule has 1 aliphatic heterocycles. The fourth-order valence-electron chi connectivity index (χ4n) is 2.74. The molecule has 3 rings (SSSR count). The van der Waals surface area contributed by atoms with Crippen LogP contribution in [0.4, 0.5) is 11.5 Å². The summed E-state index contributed by atoms with van der Waals surface area (Å²) in [4.78, 5) is 22.9. The first-order valence-electron chi connectivity index (χ1n) is 7.76. The Morgan fingerprint density at radius 1 is 1.20 bits per heavy atom. The lowest BCUT2D eigenvalue weighted by Crippen LogP contribution is -2.45. The monoisotopic (exact) mass is 399 g/mol. The van der Waals surface area contributed by atoms with E-state index in [2.05, 4.69) is 25.7 Å². The predicted molar refractivity (Wildman–Crippen MR) is 100 cm³/mol. The minimum atomic E-state index is -0.173. The Labute approximate surface area is 160 Å². The number of hydrazine groups is 1. The summed E-state index contributed by atoms with van der Waals surface area (Å²) in [5, 5.41) is 1.10. The molecule has 0 unspecified atom stereocenters. The highest BCUT2D eigenvalue weighted by molar-refractivity contribution is 6.41. The molecule has 132 valence electrons. The van der Waals surface area contributed by atoms with E-state index in [1.807, 2.05) is 0 Å². The number of aromatic nitrogens is 2. The molecule has 1 aromatic carbocycles. The van der Waals surface area contributed by atoms with Crippen molar-refractivity contribution < 1.29 is 4.79 Å². The molecule has 2 heterocycles. The quantitative estimate of drug-likeness (QED) is 0.764. The molecule has 0 saturated carbocycles. The van der Waals surface area contributed by atoms with Crippen molar-refractivity contribution in [2.75, 3.05) is 23.4 Å². The number of hydrogen-bond donors (Lipinski definition) is 2. The van der Waals surface area contributed by atoms with E-state index in [4.69, 9.17) is 34.8 Å². The minimum Gasteiger partial charge on any atom is -0.355 e. The molecule has 1 aliphatic rings. The van der Waals surface area contributed by atoms with Crippen LogP contribution < -0.4 is 15.8 Å². The summed E-state index contributed by atoms with van der Waals surface area (Å²) in [6.07, 6.45) is 6.67. The minimum absolute atomic E-state index is 0.129. The van der Waals surface area contributed by atoms with Gasteiger partial charge < -0.3 is 4.90 Å². The van der Waals surface area contributed by atoms with E-state index in [1.54, 1.807) is 30.7 Å². The van der Waals surface area contributed by atoms with E-state index in [0.717, 1.165) is 25.2 Å². The molecule has 1 atom stereocenters. The van der Waals surface area contributed by atoms with Crippen LogP contribution in [-0.4, -0.2) is 29.0 Å². The molecule has 1 saturated heterocycles. The number of benzene rings is 1. The van der Waals surface area contributed by atoms with E-state index in [1.165, 1.54) is 0 Å². The highest BCUT2D eigenvalue weighted by Gasteiger charge is 2.26. The summed E-state index contributed by atoms with van der Waals surface area (Å²) in [7, 11) is 0. The van der Waals surface area contributed by atoms with Crippen LogP contribution in [0.5, 0.6) is 0 Å². The van der Waals surface area contributed by atoms with Crippen LogP contribution in [-0.2, 0) is 4.79 Å². The third-order valence-electron chi connectivity index (χ3n) is 3.98. The third-order valence-corrected chi connectivity index (χ3v) is 4.80. The molecule has 0 spiro atoms. The number of hydrogen-bond acceptors (Lipinski definition) is 5. The number of halogens is 3. The Morgan fingerprint density at radius 3 is 2.64 bits per heavy atom. The summed E-state index contributed by atoms with van der Waals surface area (Å²) in [5.41, 5.74) is 5.89. The molecular formula is C16H16Cl3N5O. The highest BCUT2D eigenvalue weighted by atomic mass is 35.5. The van der Waals surface area contributed by atoms with Gasteiger partial charge in [-0.15, -0.1) is 0 Å². The summed E-state index contributed by atoms with van der Waals surface area (Å²) in [6.45, 7) is 1.43. The van der Waals surface area contributed by atoms with Crippen LogP contribution in [0.3, 0.4) is 0 Å². The number of amides is 1. The molecule has 0 bridgehead atoms. The largest absolute Gasteiger partial charge is 0.355 e. The molecule has 25 heavy (non-hydrogen) atoms. The van der Waals surface area contributed by atoms with Crippen LogP contribution in [0.15, 0.2) is 30.7 Å². The van der Waals surface area contributed by atoms with E-state index >= 15 is 0 Å². The lowest BCUT2D eigenvalue weighted by atomic mass is 9.97. The van der Waals surface area contributed by atoms with E-state index in [0.29, 0.717) is 27.3 Å². The van der Waals surface area contributed by atoms with Crippen molar-refractivity contribution in [3.8, 4) is 0 Å². The second kappa shape index (κ2) is 8.08. The van der Waals surface area contributed by atoms with Crippen LogP contribution >= 0.6 is 34.8 Å². The van der Waals surface area contributed by atoms with Gasteiger partial charge in [-0.2, -0.15) is 0 Å². The van der Waals surface area contributed by atoms with Gasteiger partial charge in [0.1, 0.15) is 5.82 Å². The van der Waals surface area contributed by atoms with Crippen LogP contribution in [0.1, 0.15) is 12.8 Å². The van der Waals surface area contributed by atoms with Crippen molar-refractivity contribution in [3.05, 3.63) is 45.8 Å². The molecule has 1 aromatic heterocycles. The van der Waals surface area contributed by atoms with Crippen molar-refractivity contribution in [3.63, 3.8) is 0 Å². The molecule has 2 N–H and O–H groups in total. The van der Waals surface area contributed by atoms with Gasteiger partial charge in [0.05, 0.1) is 27.8 Å². The Kier molecular flexibility index (Phi) is 5.83. The maximum absolute atomic E-state index is 12.5. The molecule has 6 nitrogen and oxygen atoms in total. The molecule has 9 heteroatoms. The molecule has 0 aliphatic carbocycles. The first kappa shape index (κ1) is 18.0. The lowest BCUT2D eigenvalue weighted by Gasteiger charge is -2.32. The zero-order chi connectivity index (χ0) is 17.8. The van der Waals surface area contributed by atoms with E-state index in [-0.39, 0.29) is 11.8 Å². The number of nitrogens with one attached hydrogen (secondary N) is 2. The summed E-state index contributed by atoms with van der Waals surface area (Å²) < 4.78 is 0. The smallest absolute Gasteiger partial charge is 0.243 e. The second-order valence-electron chi connectivity index (χ2n) is 5.71. The van der Waals surface area contributed by atoms with Crippen molar-refractivity contribution in [2.45, 2.75) is 12.8 Å². The molecule has 0 radical (unpaired) electrons. The van der Waals surface area contributed by atoms with Gasteiger partial charge in [-0.3, -0.25) is 20.6 Å². The SMILES string of the molecule is O=C(NNc1c(Cl)cc(Cl)cc1Cl)[C@@H]1CCCN(c2cnccn2)C1. The molecule has 2 aromatic rings. The number of anilines is 2. The normalized spacial score (nSPS) is 17.2. The zero-order valence-electron chi connectivity index (χ0n) is 13.2. The standard InChI is InChI=1S/C16H16Cl3N5O/c17-11-6-12(18)15(13(19)7-11)22-23-16(25)10-2-1-5-24(9-10)14-8-20-3-4-21-14/h3-4,6-8,10,22H,1-2,5,9H2,(H,23,25)/t10-/m1/s1. The fraction of sp³-hybridized carbons (Fsp3) is 0.312. The molecule has 1 amide bonds. The van der Waals surface area contributed by atoms with Gasteiger partial charge in [0, 0.05) is 30.5 Å². The second-order valence-corrected chi connectivity index (χ2v) is 6.96. The Bertz CT molecular complexity index is 736. The van der Waals surface area contributed by atoms with E-state index in [9.17, 15) is 4.79 Å². The Morgan fingerprint density at radius 2 is 1.96 bits per heavy atom. The zero-order valence-corrected chi connectivity index (χ0v) is 15.4. The maximum atomic E-state index is 12.5. The van der Waals surface area contributed by atoms with Crippen LogP contribution in [0, 0.1) is 5.92 Å². The van der Waals surface area contributed by atoms with Gasteiger partial charge in [-0.25, -0.2) is 4.98 Å². The van der Waals surface area contributed by atoms with Gasteiger partial charge >= 0.3 is 0 Å². The Hall–Kier alpha value is -1.76. The molecular weight excluding hydrogens is 385 g/mol. The number of carbonyl (C=O) groups is 1. The lowest BCUT2D eigenvalue weighted by molar-refractivity contribution is -0.124. The Balaban J connectivity index is 1.62. The van der Waals surface area contributed by atoms with E-state index < -0.39 is 0 Å². The first-order chi connectivity index (χ1) is 12.0. The summed E-state index contributed by atoms with van der Waals surface area (Å²) >= 11 is 18.1. The number of carbonyl (C=O) groups excluding carboxylic acids is 1. The van der Waals surface area contributed by atoms with Gasteiger partial charge in [-0.1, -0.05) is 34.8 Å². The molecule has 1 fully saturated rings. The van der Waals surface area contributed by atoms with Crippen LogP contribution in [0.2, 0.25) is 15.1 Å². The van der Waals surface area contributed by atoms with Crippen molar-refractivity contribution in [2.24, 2.45) is 5.92 Å². The number of piperidine rings is 1. The van der Waals surface area contributed by atoms with Gasteiger partial charge in [0.15, 0.2) is 0 Å². The average molecular weight is 401 g/mol. The summed E-state index contributed by atoms with van der Waals surface area (Å²) in [6, 6.07) is 3.11. The first-order valence-corrected chi connectivity index (χ1v) is 8.89. The average Bonchev–Trinajstić information content (AvgIpc) is 2.61. The van der Waals surface area contributed by atoms with Gasteiger partial charge in [0.2, 0.25) is 5.91 Å². The maximum Gasteiger partial charge on any atom is 0.243 e. The fourth-order valence-corrected chi connectivity index (χ4v) is 3.65. The van der Waals surface area contributed by atoms with Crippen molar-refractivity contribution in [1.29, 1.82) is 0 Å². The van der Waals surface area contributed by atoms with Gasteiger partial charge in [0.25, 0.3) is 0 Å². The van der Waals surface area contributed by atoms with Crippen molar-refractivity contribution in [1.82, 2.24) is 15.4 Å². The van der Waals surface area contributed by atoms with Crippen LogP contribution in [0.25, 0.3) is 0 Å². The number of nitrogens with zero attached hydrogens (tertiary/aromatic N) is 3. The highest BCUT2D eigenvalue weighted by Crippen LogP contribution is 2.33. The topological polar surface area (TPSA) is 70.2 Å².